The van der Waals surface area contributed by atoms with E-state index in [0.29, 0.717) is 19.4 Å². The van der Waals surface area contributed by atoms with Gasteiger partial charge in [0.1, 0.15) is 0 Å². The number of halogens is 2. The molecule has 1 aromatic rings. The first-order chi connectivity index (χ1) is 9.45. The van der Waals surface area contributed by atoms with E-state index >= 15 is 0 Å². The molecule has 4 nitrogen and oxygen atoms in total. The van der Waals surface area contributed by atoms with Crippen LogP contribution >= 0.6 is 31.9 Å². The number of carboxylic acids is 1. The van der Waals surface area contributed by atoms with E-state index in [1.807, 2.05) is 25.1 Å². The van der Waals surface area contributed by atoms with Gasteiger partial charge in [-0.2, -0.15) is 0 Å². The molecule has 1 saturated heterocycles. The Morgan fingerprint density at radius 1 is 1.40 bits per heavy atom. The summed E-state index contributed by atoms with van der Waals surface area (Å²) in [5, 5.41) is 9.43. The van der Waals surface area contributed by atoms with Crippen molar-refractivity contribution in [2.45, 2.75) is 25.8 Å². The molecule has 6 heteroatoms. The first-order valence-electron chi connectivity index (χ1n) is 6.43. The van der Waals surface area contributed by atoms with Crippen LogP contribution in [0, 0.1) is 5.92 Å². The van der Waals surface area contributed by atoms with Crippen LogP contribution in [0.3, 0.4) is 0 Å². The molecule has 1 aliphatic rings. The highest BCUT2D eigenvalue weighted by molar-refractivity contribution is 9.13. The first kappa shape index (κ1) is 15.5. The maximum absolute atomic E-state index is 12.0. The molecular formula is C14H15Br2NO3. The maximum Gasteiger partial charge on any atom is 0.308 e. The Balaban J connectivity index is 2.46. The third kappa shape index (κ3) is 2.91. The average Bonchev–Trinajstić information content (AvgIpc) is 2.41. The zero-order chi connectivity index (χ0) is 14.9. The molecule has 0 bridgehead atoms. The summed E-state index contributed by atoms with van der Waals surface area (Å²) < 4.78 is 1.76. The molecule has 2 unspecified atom stereocenters. The summed E-state index contributed by atoms with van der Waals surface area (Å²) in [4.78, 5) is 25.2. The van der Waals surface area contributed by atoms with E-state index in [1.54, 1.807) is 4.90 Å². The standard InChI is InChI=1S/C14H15Br2NO3/c1-2-17-12(18)6-4-9(14(19)20)13(17)8-3-5-10(15)11(16)7-8/h3,5,7,9,13H,2,4,6H2,1H3,(H,19,20). The van der Waals surface area contributed by atoms with Gasteiger partial charge in [0.05, 0.1) is 12.0 Å². The van der Waals surface area contributed by atoms with Gasteiger partial charge in [-0.15, -0.1) is 0 Å². The van der Waals surface area contributed by atoms with Crippen LogP contribution in [0.15, 0.2) is 27.1 Å². The Labute approximate surface area is 134 Å². The molecule has 0 radical (unpaired) electrons. The number of carbonyl (C=O) groups is 2. The van der Waals surface area contributed by atoms with Crippen LogP contribution in [0.5, 0.6) is 0 Å². The van der Waals surface area contributed by atoms with Gasteiger partial charge < -0.3 is 10.0 Å². The van der Waals surface area contributed by atoms with Gasteiger partial charge in [0.25, 0.3) is 0 Å². The molecule has 1 amide bonds. The molecule has 1 heterocycles. The molecule has 1 aromatic carbocycles. The molecule has 1 aliphatic heterocycles. The summed E-state index contributed by atoms with van der Waals surface area (Å²) in [5.41, 5.74) is 0.849. The summed E-state index contributed by atoms with van der Waals surface area (Å²) in [6.07, 6.45) is 0.696. The number of aliphatic carboxylic acids is 1. The Morgan fingerprint density at radius 2 is 2.10 bits per heavy atom. The van der Waals surface area contributed by atoms with Crippen LogP contribution in [0.2, 0.25) is 0 Å². The largest absolute Gasteiger partial charge is 0.481 e. The maximum atomic E-state index is 12.0. The van der Waals surface area contributed by atoms with Gasteiger partial charge >= 0.3 is 5.97 Å². The van der Waals surface area contributed by atoms with E-state index in [1.165, 1.54) is 0 Å². The second kappa shape index (κ2) is 6.26. The van der Waals surface area contributed by atoms with Crippen molar-refractivity contribution in [3.63, 3.8) is 0 Å². The lowest BCUT2D eigenvalue weighted by molar-refractivity contribution is -0.151. The van der Waals surface area contributed by atoms with Crippen molar-refractivity contribution in [2.24, 2.45) is 5.92 Å². The smallest absolute Gasteiger partial charge is 0.308 e. The van der Waals surface area contributed by atoms with Crippen LogP contribution in [-0.4, -0.2) is 28.4 Å². The fraction of sp³-hybridized carbons (Fsp3) is 0.429. The van der Waals surface area contributed by atoms with E-state index in [9.17, 15) is 14.7 Å². The van der Waals surface area contributed by atoms with Crippen molar-refractivity contribution in [3.05, 3.63) is 32.7 Å². The van der Waals surface area contributed by atoms with Crippen molar-refractivity contribution in [1.29, 1.82) is 0 Å². The number of carboxylic acid groups (broad SMARTS) is 1. The van der Waals surface area contributed by atoms with Gasteiger partial charge in [-0.3, -0.25) is 9.59 Å². The minimum atomic E-state index is -0.847. The summed E-state index contributed by atoms with van der Waals surface area (Å²) in [6.45, 7) is 2.39. The van der Waals surface area contributed by atoms with Gasteiger partial charge in [-0.25, -0.2) is 0 Å². The number of hydrogen-bond acceptors (Lipinski definition) is 2. The fourth-order valence-corrected chi connectivity index (χ4v) is 3.34. The number of piperidine rings is 1. The number of hydrogen-bond donors (Lipinski definition) is 1. The highest BCUT2D eigenvalue weighted by Gasteiger charge is 2.40. The number of benzene rings is 1. The lowest BCUT2D eigenvalue weighted by Crippen LogP contribution is -2.45. The molecule has 0 aliphatic carbocycles. The van der Waals surface area contributed by atoms with Gasteiger partial charge in [-0.1, -0.05) is 6.07 Å². The Morgan fingerprint density at radius 3 is 2.65 bits per heavy atom. The van der Waals surface area contributed by atoms with Crippen LogP contribution in [0.25, 0.3) is 0 Å². The Kier molecular flexibility index (Phi) is 4.86. The van der Waals surface area contributed by atoms with Gasteiger partial charge in [-0.05, 0) is 62.9 Å². The van der Waals surface area contributed by atoms with Gasteiger partial charge in [0.2, 0.25) is 5.91 Å². The van der Waals surface area contributed by atoms with Crippen molar-refractivity contribution < 1.29 is 14.7 Å². The van der Waals surface area contributed by atoms with Crippen LogP contribution in [0.4, 0.5) is 0 Å². The lowest BCUT2D eigenvalue weighted by atomic mass is 9.84. The van der Waals surface area contributed by atoms with Crippen molar-refractivity contribution in [1.82, 2.24) is 4.90 Å². The van der Waals surface area contributed by atoms with E-state index in [0.717, 1.165) is 14.5 Å². The van der Waals surface area contributed by atoms with Gasteiger partial charge in [0.15, 0.2) is 0 Å². The molecule has 2 atom stereocenters. The van der Waals surface area contributed by atoms with E-state index in [4.69, 9.17) is 0 Å². The second-order valence-corrected chi connectivity index (χ2v) is 6.49. The van der Waals surface area contributed by atoms with Crippen LogP contribution in [0.1, 0.15) is 31.4 Å². The number of nitrogens with zero attached hydrogens (tertiary/aromatic N) is 1. The minimum absolute atomic E-state index is 0.0223. The zero-order valence-electron chi connectivity index (χ0n) is 11.0. The molecule has 0 saturated carbocycles. The first-order valence-corrected chi connectivity index (χ1v) is 8.01. The molecule has 1 N–H and O–H groups in total. The Bertz CT molecular complexity index is 545. The number of amides is 1. The predicted molar refractivity (Wildman–Crippen MR) is 82.3 cm³/mol. The number of rotatable bonds is 3. The molecule has 108 valence electrons. The SMILES string of the molecule is CCN1C(=O)CCC(C(=O)O)C1c1ccc(Br)c(Br)c1. The zero-order valence-corrected chi connectivity index (χ0v) is 14.1. The normalized spacial score (nSPS) is 22.9. The van der Waals surface area contributed by atoms with E-state index < -0.39 is 17.9 Å². The van der Waals surface area contributed by atoms with E-state index in [-0.39, 0.29) is 5.91 Å². The second-order valence-electron chi connectivity index (χ2n) is 4.78. The Hall–Kier alpha value is -0.880. The van der Waals surface area contributed by atoms with Crippen molar-refractivity contribution >= 4 is 43.7 Å². The summed E-state index contributed by atoms with van der Waals surface area (Å²) in [5.74, 6) is -1.38. The monoisotopic (exact) mass is 403 g/mol. The topological polar surface area (TPSA) is 57.6 Å². The highest BCUT2D eigenvalue weighted by Crippen LogP contribution is 2.38. The summed E-state index contributed by atoms with van der Waals surface area (Å²) in [6, 6.07) is 5.22. The number of carbonyl (C=O) groups excluding carboxylic acids is 1. The third-order valence-corrected chi connectivity index (χ3v) is 5.53. The molecule has 20 heavy (non-hydrogen) atoms. The fourth-order valence-electron chi connectivity index (χ4n) is 2.69. The molecule has 0 aromatic heterocycles. The quantitative estimate of drug-likeness (QED) is 0.837. The highest BCUT2D eigenvalue weighted by atomic mass is 79.9. The molecule has 1 fully saturated rings. The van der Waals surface area contributed by atoms with E-state index in [2.05, 4.69) is 31.9 Å². The lowest BCUT2D eigenvalue weighted by Gasteiger charge is -2.39. The molecule has 0 spiro atoms. The van der Waals surface area contributed by atoms with Crippen LogP contribution < -0.4 is 0 Å². The number of likely N-dealkylation sites (tertiary alicyclic amines) is 1. The minimum Gasteiger partial charge on any atom is -0.481 e. The van der Waals surface area contributed by atoms with Crippen LogP contribution in [-0.2, 0) is 9.59 Å². The van der Waals surface area contributed by atoms with Gasteiger partial charge in [0, 0.05) is 21.9 Å². The predicted octanol–water partition coefficient (Wildman–Crippen LogP) is 3.60. The molecule has 2 rings (SSSR count). The van der Waals surface area contributed by atoms with Crippen molar-refractivity contribution in [2.75, 3.05) is 6.54 Å². The molecular weight excluding hydrogens is 390 g/mol. The third-order valence-electron chi connectivity index (χ3n) is 3.65. The summed E-state index contributed by atoms with van der Waals surface area (Å²) >= 11 is 6.83. The average molecular weight is 405 g/mol. The summed E-state index contributed by atoms with van der Waals surface area (Å²) in [7, 11) is 0. The van der Waals surface area contributed by atoms with Crippen molar-refractivity contribution in [3.8, 4) is 0 Å².